The van der Waals surface area contributed by atoms with Gasteiger partial charge in [-0.3, -0.25) is 9.59 Å². The molecule has 2 atom stereocenters. The highest BCUT2D eigenvalue weighted by molar-refractivity contribution is 7.91. The largest absolute Gasteiger partial charge is 0.338 e. The lowest BCUT2D eigenvalue weighted by Gasteiger charge is -2.23. The lowest BCUT2D eigenvalue weighted by Crippen LogP contribution is -2.38. The molecule has 7 heteroatoms. The molecule has 2 heterocycles. The van der Waals surface area contributed by atoms with Gasteiger partial charge in [0.25, 0.3) is 0 Å². The summed E-state index contributed by atoms with van der Waals surface area (Å²) < 4.78 is 23.2. The number of sulfone groups is 1. The summed E-state index contributed by atoms with van der Waals surface area (Å²) in [4.78, 5) is 26.3. The monoisotopic (exact) mass is 350 g/mol. The van der Waals surface area contributed by atoms with Gasteiger partial charge in [-0.05, 0) is 24.5 Å². The minimum absolute atomic E-state index is 0.0196. The molecule has 1 N–H and O–H groups in total. The highest BCUT2D eigenvalue weighted by Gasteiger charge is 2.41. The molecule has 0 aromatic heterocycles. The molecule has 0 aliphatic carbocycles. The number of nitrogens with one attached hydrogen (secondary N) is 1. The molecule has 0 bridgehead atoms. The third kappa shape index (κ3) is 3.45. The minimum atomic E-state index is -3.05. The van der Waals surface area contributed by atoms with Crippen molar-refractivity contribution in [2.45, 2.75) is 32.2 Å². The molecule has 2 amide bonds. The van der Waals surface area contributed by atoms with Crippen molar-refractivity contribution < 1.29 is 18.0 Å². The molecule has 2 fully saturated rings. The molecule has 130 valence electrons. The van der Waals surface area contributed by atoms with Crippen molar-refractivity contribution in [3.05, 3.63) is 29.8 Å². The Morgan fingerprint density at radius 2 is 2.08 bits per heavy atom. The summed E-state index contributed by atoms with van der Waals surface area (Å²) >= 11 is 0. The zero-order valence-electron chi connectivity index (χ0n) is 13.7. The first-order valence-electron chi connectivity index (χ1n) is 8.28. The molecule has 2 saturated heterocycles. The van der Waals surface area contributed by atoms with Crippen molar-refractivity contribution in [1.29, 1.82) is 0 Å². The number of rotatable bonds is 4. The van der Waals surface area contributed by atoms with Crippen molar-refractivity contribution in [3.63, 3.8) is 0 Å². The molecule has 1 aromatic rings. The van der Waals surface area contributed by atoms with E-state index in [1.54, 1.807) is 4.90 Å². The predicted octanol–water partition coefficient (Wildman–Crippen LogP) is 1.22. The summed E-state index contributed by atoms with van der Waals surface area (Å²) in [5.41, 5.74) is 1.83. The van der Waals surface area contributed by atoms with Crippen LogP contribution in [0, 0.1) is 5.92 Å². The fourth-order valence-electron chi connectivity index (χ4n) is 3.47. The van der Waals surface area contributed by atoms with Crippen LogP contribution in [0.4, 0.5) is 5.69 Å². The lowest BCUT2D eigenvalue weighted by atomic mass is 10.1. The van der Waals surface area contributed by atoms with Gasteiger partial charge in [-0.25, -0.2) is 8.42 Å². The molecule has 0 saturated carbocycles. The van der Waals surface area contributed by atoms with Gasteiger partial charge in [0.05, 0.1) is 17.4 Å². The number of para-hydroxylation sites is 1. The Kier molecular flexibility index (Phi) is 4.62. The maximum atomic E-state index is 12.5. The van der Waals surface area contributed by atoms with Gasteiger partial charge in [0.15, 0.2) is 9.84 Å². The van der Waals surface area contributed by atoms with E-state index in [4.69, 9.17) is 0 Å². The van der Waals surface area contributed by atoms with E-state index in [-0.39, 0.29) is 35.8 Å². The first-order chi connectivity index (χ1) is 11.4. The van der Waals surface area contributed by atoms with Crippen LogP contribution in [0.3, 0.4) is 0 Å². The van der Waals surface area contributed by atoms with Crippen LogP contribution in [0.2, 0.25) is 0 Å². The number of likely N-dealkylation sites (tertiary alicyclic amines) is 1. The third-order valence-electron chi connectivity index (χ3n) is 4.83. The summed E-state index contributed by atoms with van der Waals surface area (Å²) in [7, 11) is -3.05. The average Bonchev–Trinajstić information content (AvgIpc) is 3.10. The van der Waals surface area contributed by atoms with Crippen molar-refractivity contribution in [2.24, 2.45) is 5.92 Å². The highest BCUT2D eigenvalue weighted by Crippen LogP contribution is 2.27. The zero-order valence-corrected chi connectivity index (χ0v) is 14.5. The number of nitrogens with zero attached hydrogens (tertiary/aromatic N) is 1. The number of hydrogen-bond donors (Lipinski definition) is 1. The number of hydrogen-bond acceptors (Lipinski definition) is 4. The van der Waals surface area contributed by atoms with Gasteiger partial charge in [-0.15, -0.1) is 0 Å². The number of carbonyl (C=O) groups excluding carboxylic acids is 2. The molecule has 0 radical (unpaired) electrons. The lowest BCUT2D eigenvalue weighted by molar-refractivity contribution is -0.129. The summed E-state index contributed by atoms with van der Waals surface area (Å²) in [6.07, 6.45) is 1.43. The second-order valence-corrected chi connectivity index (χ2v) is 8.73. The smallest absolute Gasteiger partial charge is 0.229 e. The molecule has 1 aromatic carbocycles. The Bertz CT molecular complexity index is 760. The molecule has 24 heavy (non-hydrogen) atoms. The number of aryl methyl sites for hydroxylation is 1. The van der Waals surface area contributed by atoms with E-state index in [1.165, 1.54) is 0 Å². The average molecular weight is 350 g/mol. The van der Waals surface area contributed by atoms with Gasteiger partial charge < -0.3 is 10.2 Å². The van der Waals surface area contributed by atoms with E-state index in [1.807, 2.05) is 31.2 Å². The van der Waals surface area contributed by atoms with Crippen molar-refractivity contribution >= 4 is 27.3 Å². The molecule has 3 rings (SSSR count). The van der Waals surface area contributed by atoms with E-state index >= 15 is 0 Å². The van der Waals surface area contributed by atoms with Gasteiger partial charge in [-0.1, -0.05) is 25.1 Å². The van der Waals surface area contributed by atoms with Gasteiger partial charge in [-0.2, -0.15) is 0 Å². The van der Waals surface area contributed by atoms with E-state index in [0.29, 0.717) is 13.0 Å². The van der Waals surface area contributed by atoms with Crippen LogP contribution in [-0.4, -0.2) is 49.2 Å². The van der Waals surface area contributed by atoms with E-state index in [0.717, 1.165) is 17.7 Å². The van der Waals surface area contributed by atoms with E-state index < -0.39 is 15.8 Å². The van der Waals surface area contributed by atoms with Crippen LogP contribution in [0.1, 0.15) is 25.3 Å². The molecule has 2 aliphatic rings. The number of carbonyl (C=O) groups is 2. The van der Waals surface area contributed by atoms with E-state index in [9.17, 15) is 18.0 Å². The summed E-state index contributed by atoms with van der Waals surface area (Å²) in [5.74, 6) is -0.576. The number of amides is 2. The third-order valence-corrected chi connectivity index (χ3v) is 6.58. The van der Waals surface area contributed by atoms with Crippen molar-refractivity contribution in [2.75, 3.05) is 23.4 Å². The van der Waals surface area contributed by atoms with Crippen molar-refractivity contribution in [1.82, 2.24) is 4.90 Å². The zero-order chi connectivity index (χ0) is 17.3. The Morgan fingerprint density at radius 3 is 2.75 bits per heavy atom. The van der Waals surface area contributed by atoms with Gasteiger partial charge in [0, 0.05) is 24.7 Å². The molecule has 0 spiro atoms. The van der Waals surface area contributed by atoms with Crippen LogP contribution in [0.25, 0.3) is 0 Å². The highest BCUT2D eigenvalue weighted by atomic mass is 32.2. The van der Waals surface area contributed by atoms with Gasteiger partial charge >= 0.3 is 0 Å². The fourth-order valence-corrected chi connectivity index (χ4v) is 5.20. The fraction of sp³-hybridized carbons (Fsp3) is 0.529. The minimum Gasteiger partial charge on any atom is -0.338 e. The van der Waals surface area contributed by atoms with Crippen molar-refractivity contribution in [3.8, 4) is 0 Å². The predicted molar refractivity (Wildman–Crippen MR) is 91.3 cm³/mol. The second-order valence-electron chi connectivity index (χ2n) is 6.50. The summed E-state index contributed by atoms with van der Waals surface area (Å²) in [6, 6.07) is 7.34. The van der Waals surface area contributed by atoms with E-state index in [2.05, 4.69) is 5.32 Å². The molecular weight excluding hydrogens is 328 g/mol. The molecule has 2 unspecified atom stereocenters. The maximum Gasteiger partial charge on any atom is 0.229 e. The Hall–Kier alpha value is -1.89. The van der Waals surface area contributed by atoms with Crippen LogP contribution in [0.15, 0.2) is 24.3 Å². The van der Waals surface area contributed by atoms with Gasteiger partial charge in [0.1, 0.15) is 0 Å². The van der Waals surface area contributed by atoms with Crippen LogP contribution in [0.5, 0.6) is 0 Å². The first kappa shape index (κ1) is 17.0. The topological polar surface area (TPSA) is 83.6 Å². The standard InChI is InChI=1S/C17H22N2O4S/c1-2-12-5-3-4-6-15(12)18-17(21)13-9-16(20)19(10-13)14-7-8-24(22,23)11-14/h3-6,13-14H,2,7-11H2,1H3,(H,18,21). The van der Waals surface area contributed by atoms with Crippen LogP contribution in [-0.2, 0) is 25.8 Å². The molecule has 6 nitrogen and oxygen atoms in total. The van der Waals surface area contributed by atoms with Crippen LogP contribution < -0.4 is 5.32 Å². The molecule has 2 aliphatic heterocycles. The maximum absolute atomic E-state index is 12.5. The van der Waals surface area contributed by atoms with Gasteiger partial charge in [0.2, 0.25) is 11.8 Å². The summed E-state index contributed by atoms with van der Waals surface area (Å²) in [5, 5.41) is 2.92. The van der Waals surface area contributed by atoms with Crippen LogP contribution >= 0.6 is 0 Å². The second kappa shape index (κ2) is 6.55. The normalized spacial score (nSPS) is 25.9. The quantitative estimate of drug-likeness (QED) is 0.885. The summed E-state index contributed by atoms with van der Waals surface area (Å²) in [6.45, 7) is 2.32. The number of benzene rings is 1. The SMILES string of the molecule is CCc1ccccc1NC(=O)C1CC(=O)N(C2CCS(=O)(=O)C2)C1. The Balaban J connectivity index is 1.66. The first-order valence-corrected chi connectivity index (χ1v) is 10.1. The Labute approximate surface area is 142 Å². The number of anilines is 1. The molecular formula is C17H22N2O4S. The Morgan fingerprint density at radius 1 is 1.33 bits per heavy atom.